The Bertz CT molecular complexity index is 397. The first-order chi connectivity index (χ1) is 8.70. The molecule has 0 spiro atoms. The molecule has 1 saturated heterocycles. The topological polar surface area (TPSA) is 20.3 Å². The van der Waals surface area contributed by atoms with Gasteiger partial charge in [-0.25, -0.2) is 0 Å². The Kier molecular flexibility index (Phi) is 5.04. The van der Waals surface area contributed by atoms with E-state index in [9.17, 15) is 4.79 Å². The molecule has 1 fully saturated rings. The molecule has 0 aliphatic carbocycles. The van der Waals surface area contributed by atoms with Crippen LogP contribution < -0.4 is 0 Å². The van der Waals surface area contributed by atoms with Crippen molar-refractivity contribution < 1.29 is 4.79 Å². The molecule has 0 bridgehead atoms. The molecule has 0 N–H and O–H groups in total. The van der Waals surface area contributed by atoms with Crippen LogP contribution in [0.5, 0.6) is 0 Å². The number of carbonyl (C=O) groups excluding carboxylic acids is 1. The van der Waals surface area contributed by atoms with Crippen LogP contribution >= 0.6 is 23.2 Å². The largest absolute Gasteiger partial charge is 0.302 e. The number of halogens is 2. The predicted molar refractivity (Wildman–Crippen MR) is 75.7 cm³/mol. The van der Waals surface area contributed by atoms with Crippen molar-refractivity contribution in [3.8, 4) is 0 Å². The van der Waals surface area contributed by atoms with E-state index in [0.29, 0.717) is 10.9 Å². The van der Waals surface area contributed by atoms with Gasteiger partial charge in [0.25, 0.3) is 0 Å². The highest BCUT2D eigenvalue weighted by Crippen LogP contribution is 2.22. The van der Waals surface area contributed by atoms with Crippen molar-refractivity contribution in [2.24, 2.45) is 5.92 Å². The highest BCUT2D eigenvalue weighted by Gasteiger charge is 2.25. The third-order valence-corrected chi connectivity index (χ3v) is 3.91. The van der Waals surface area contributed by atoms with E-state index >= 15 is 0 Å². The van der Waals surface area contributed by atoms with Crippen LogP contribution in [-0.4, -0.2) is 36.2 Å². The van der Waals surface area contributed by atoms with E-state index < -0.39 is 0 Å². The van der Waals surface area contributed by atoms with Gasteiger partial charge in [-0.1, -0.05) is 11.6 Å². The van der Waals surface area contributed by atoms with Crippen LogP contribution in [0.2, 0.25) is 5.02 Å². The third kappa shape index (κ3) is 3.47. The van der Waals surface area contributed by atoms with Crippen LogP contribution in [0, 0.1) is 5.92 Å². The zero-order valence-corrected chi connectivity index (χ0v) is 11.8. The molecule has 0 aromatic heterocycles. The standard InChI is InChI=1S/C14H17Cl2NO/c15-7-10-17-8-5-12(6-9-17)14(18)11-1-3-13(16)4-2-11/h1-4,12H,5-10H2. The Morgan fingerprint density at radius 3 is 2.39 bits per heavy atom. The molecule has 2 rings (SSSR count). The summed E-state index contributed by atoms with van der Waals surface area (Å²) in [6, 6.07) is 7.18. The fraction of sp³-hybridized carbons (Fsp3) is 0.500. The number of Topliss-reactive ketones (excluding diaryl/α,β-unsaturated/α-hetero) is 1. The molecule has 0 atom stereocenters. The summed E-state index contributed by atoms with van der Waals surface area (Å²) >= 11 is 11.5. The molecule has 4 heteroatoms. The summed E-state index contributed by atoms with van der Waals surface area (Å²) in [6.45, 7) is 2.86. The molecule has 0 saturated carbocycles. The molecule has 1 aliphatic rings. The van der Waals surface area contributed by atoms with Crippen LogP contribution in [0.1, 0.15) is 23.2 Å². The van der Waals surface area contributed by atoms with Crippen molar-refractivity contribution in [3.63, 3.8) is 0 Å². The van der Waals surface area contributed by atoms with E-state index in [-0.39, 0.29) is 11.7 Å². The molecular formula is C14H17Cl2NO. The molecule has 0 radical (unpaired) electrons. The molecular weight excluding hydrogens is 269 g/mol. The van der Waals surface area contributed by atoms with Gasteiger partial charge >= 0.3 is 0 Å². The molecule has 2 nitrogen and oxygen atoms in total. The number of piperidine rings is 1. The van der Waals surface area contributed by atoms with Gasteiger partial charge in [-0.2, -0.15) is 0 Å². The Morgan fingerprint density at radius 2 is 1.83 bits per heavy atom. The molecule has 18 heavy (non-hydrogen) atoms. The Hall–Kier alpha value is -0.570. The van der Waals surface area contributed by atoms with Crippen molar-refractivity contribution in [2.45, 2.75) is 12.8 Å². The fourth-order valence-electron chi connectivity index (χ4n) is 2.39. The van der Waals surface area contributed by atoms with Gasteiger partial charge in [0, 0.05) is 28.9 Å². The lowest BCUT2D eigenvalue weighted by molar-refractivity contribution is 0.0845. The van der Waals surface area contributed by atoms with Crippen molar-refractivity contribution in [1.82, 2.24) is 4.90 Å². The third-order valence-electron chi connectivity index (χ3n) is 3.49. The minimum atomic E-state index is 0.151. The van der Waals surface area contributed by atoms with Crippen LogP contribution in [0.3, 0.4) is 0 Å². The summed E-state index contributed by atoms with van der Waals surface area (Å²) in [5.74, 6) is 1.06. The molecule has 1 heterocycles. The summed E-state index contributed by atoms with van der Waals surface area (Å²) in [4.78, 5) is 14.6. The molecule has 1 aromatic rings. The average molecular weight is 286 g/mol. The predicted octanol–water partition coefficient (Wildman–Crippen LogP) is 3.47. The number of hydrogen-bond donors (Lipinski definition) is 0. The van der Waals surface area contributed by atoms with Gasteiger partial charge < -0.3 is 4.90 Å². The molecule has 0 amide bonds. The number of benzene rings is 1. The van der Waals surface area contributed by atoms with Gasteiger partial charge in [-0.05, 0) is 50.2 Å². The van der Waals surface area contributed by atoms with E-state index in [0.717, 1.165) is 38.0 Å². The zero-order valence-electron chi connectivity index (χ0n) is 10.2. The SMILES string of the molecule is O=C(c1ccc(Cl)cc1)C1CCN(CCCl)CC1. The Morgan fingerprint density at radius 1 is 1.22 bits per heavy atom. The van der Waals surface area contributed by atoms with E-state index in [1.807, 2.05) is 12.1 Å². The highest BCUT2D eigenvalue weighted by atomic mass is 35.5. The lowest BCUT2D eigenvalue weighted by Gasteiger charge is -2.30. The van der Waals surface area contributed by atoms with Gasteiger partial charge in [-0.15, -0.1) is 11.6 Å². The van der Waals surface area contributed by atoms with E-state index in [1.54, 1.807) is 12.1 Å². The van der Waals surface area contributed by atoms with Gasteiger partial charge in [0.1, 0.15) is 0 Å². The van der Waals surface area contributed by atoms with Crippen molar-refractivity contribution in [3.05, 3.63) is 34.9 Å². The van der Waals surface area contributed by atoms with E-state index in [1.165, 1.54) is 0 Å². The lowest BCUT2D eigenvalue weighted by Crippen LogP contribution is -2.37. The second-order valence-corrected chi connectivity index (χ2v) is 5.49. The molecule has 0 unspecified atom stereocenters. The number of rotatable bonds is 4. The number of likely N-dealkylation sites (tertiary alicyclic amines) is 1. The van der Waals surface area contributed by atoms with Gasteiger partial charge in [0.15, 0.2) is 5.78 Å². The van der Waals surface area contributed by atoms with Gasteiger partial charge in [-0.3, -0.25) is 4.79 Å². The van der Waals surface area contributed by atoms with Crippen LogP contribution in [-0.2, 0) is 0 Å². The quantitative estimate of drug-likeness (QED) is 0.624. The first kappa shape index (κ1) is 13.9. The number of hydrogen-bond acceptors (Lipinski definition) is 2. The number of ketones is 1. The Balaban J connectivity index is 1.93. The first-order valence-corrected chi connectivity index (χ1v) is 7.20. The molecule has 1 aromatic carbocycles. The monoisotopic (exact) mass is 285 g/mol. The second-order valence-electron chi connectivity index (χ2n) is 4.68. The summed E-state index contributed by atoms with van der Waals surface area (Å²) in [6.07, 6.45) is 1.86. The van der Waals surface area contributed by atoms with Crippen LogP contribution in [0.25, 0.3) is 0 Å². The summed E-state index contributed by atoms with van der Waals surface area (Å²) in [5.41, 5.74) is 0.773. The smallest absolute Gasteiger partial charge is 0.166 e. The molecule has 98 valence electrons. The number of nitrogens with zero attached hydrogens (tertiary/aromatic N) is 1. The second kappa shape index (κ2) is 6.55. The van der Waals surface area contributed by atoms with Gasteiger partial charge in [0.05, 0.1) is 0 Å². The highest BCUT2D eigenvalue weighted by molar-refractivity contribution is 6.30. The first-order valence-electron chi connectivity index (χ1n) is 6.29. The van der Waals surface area contributed by atoms with Crippen LogP contribution in [0.15, 0.2) is 24.3 Å². The van der Waals surface area contributed by atoms with E-state index in [2.05, 4.69) is 4.90 Å². The maximum atomic E-state index is 12.3. The Labute approximate surface area is 118 Å². The summed E-state index contributed by atoms with van der Waals surface area (Å²) in [5, 5.41) is 0.670. The zero-order chi connectivity index (χ0) is 13.0. The molecule has 1 aliphatic heterocycles. The minimum absolute atomic E-state index is 0.151. The summed E-state index contributed by atoms with van der Waals surface area (Å²) < 4.78 is 0. The van der Waals surface area contributed by atoms with Crippen molar-refractivity contribution in [2.75, 3.05) is 25.5 Å². The summed E-state index contributed by atoms with van der Waals surface area (Å²) in [7, 11) is 0. The lowest BCUT2D eigenvalue weighted by atomic mass is 9.89. The van der Waals surface area contributed by atoms with Crippen molar-refractivity contribution in [1.29, 1.82) is 0 Å². The van der Waals surface area contributed by atoms with Crippen LogP contribution in [0.4, 0.5) is 0 Å². The van der Waals surface area contributed by atoms with E-state index in [4.69, 9.17) is 23.2 Å². The maximum Gasteiger partial charge on any atom is 0.166 e. The maximum absolute atomic E-state index is 12.3. The average Bonchev–Trinajstić information content (AvgIpc) is 2.40. The fourth-order valence-corrected chi connectivity index (χ4v) is 2.75. The number of carbonyl (C=O) groups is 1. The number of alkyl halides is 1. The minimum Gasteiger partial charge on any atom is -0.302 e. The van der Waals surface area contributed by atoms with Crippen molar-refractivity contribution >= 4 is 29.0 Å². The normalized spacial score (nSPS) is 17.9. The van der Waals surface area contributed by atoms with Gasteiger partial charge in [0.2, 0.25) is 0 Å².